The van der Waals surface area contributed by atoms with Gasteiger partial charge in [0, 0.05) is 5.69 Å². The van der Waals surface area contributed by atoms with Gasteiger partial charge in [0.15, 0.2) is 0 Å². The van der Waals surface area contributed by atoms with E-state index in [-0.39, 0.29) is 4.90 Å². The number of sulfonamides is 1. The van der Waals surface area contributed by atoms with Crippen LogP contribution in [0.1, 0.15) is 0 Å². The molecule has 2 aromatic carbocycles. The van der Waals surface area contributed by atoms with Crippen LogP contribution in [0.3, 0.4) is 0 Å². The predicted octanol–water partition coefficient (Wildman–Crippen LogP) is 1.66. The third-order valence-electron chi connectivity index (χ3n) is 2.40. The van der Waals surface area contributed by atoms with Crippen LogP contribution in [-0.2, 0) is 10.0 Å². The second-order valence-electron chi connectivity index (χ2n) is 3.79. The Balaban J connectivity index is 2.32. The number of rotatable bonds is 3. The SMILES string of the molecule is Nc1cc(S(N)(=O)=O)ccc1Nc1ccccc1. The van der Waals surface area contributed by atoms with Gasteiger partial charge in [0.25, 0.3) is 0 Å². The van der Waals surface area contributed by atoms with Gasteiger partial charge in [0.2, 0.25) is 10.0 Å². The average molecular weight is 263 g/mol. The van der Waals surface area contributed by atoms with Crippen molar-refractivity contribution in [2.75, 3.05) is 11.1 Å². The first-order valence-corrected chi connectivity index (χ1v) is 6.76. The molecule has 0 aliphatic heterocycles. The maximum atomic E-state index is 11.2. The van der Waals surface area contributed by atoms with Crippen LogP contribution < -0.4 is 16.2 Å². The summed E-state index contributed by atoms with van der Waals surface area (Å²) in [6, 6.07) is 13.8. The number of nitrogen functional groups attached to an aromatic ring is 1. The number of nitrogens with one attached hydrogen (secondary N) is 1. The van der Waals surface area contributed by atoms with E-state index in [1.807, 2.05) is 30.3 Å². The minimum atomic E-state index is -3.72. The summed E-state index contributed by atoms with van der Waals surface area (Å²) in [7, 11) is -3.72. The van der Waals surface area contributed by atoms with E-state index in [0.717, 1.165) is 5.69 Å². The lowest BCUT2D eigenvalue weighted by molar-refractivity contribution is 0.598. The fraction of sp³-hybridized carbons (Fsp3) is 0. The highest BCUT2D eigenvalue weighted by Gasteiger charge is 2.09. The number of nitrogens with two attached hydrogens (primary N) is 2. The molecule has 5 N–H and O–H groups in total. The van der Waals surface area contributed by atoms with Crippen LogP contribution >= 0.6 is 0 Å². The number of primary sulfonamides is 1. The molecule has 0 saturated carbocycles. The Morgan fingerprint density at radius 2 is 1.67 bits per heavy atom. The number of benzene rings is 2. The zero-order chi connectivity index (χ0) is 13.2. The molecule has 94 valence electrons. The summed E-state index contributed by atoms with van der Waals surface area (Å²) in [4.78, 5) is -0.00129. The zero-order valence-electron chi connectivity index (χ0n) is 9.50. The highest BCUT2D eigenvalue weighted by atomic mass is 32.2. The number of anilines is 3. The van der Waals surface area contributed by atoms with Crippen molar-refractivity contribution in [3.8, 4) is 0 Å². The predicted molar refractivity (Wildman–Crippen MR) is 72.0 cm³/mol. The molecule has 2 aromatic rings. The lowest BCUT2D eigenvalue weighted by Gasteiger charge is -2.10. The van der Waals surface area contributed by atoms with Crippen LogP contribution in [0, 0.1) is 0 Å². The molecule has 6 heteroatoms. The van der Waals surface area contributed by atoms with Crippen LogP contribution in [0.15, 0.2) is 53.4 Å². The first kappa shape index (κ1) is 12.4. The lowest BCUT2D eigenvalue weighted by Crippen LogP contribution is -2.12. The van der Waals surface area contributed by atoms with Crippen molar-refractivity contribution in [1.82, 2.24) is 0 Å². The largest absolute Gasteiger partial charge is 0.397 e. The molecule has 0 heterocycles. The molecule has 0 aliphatic carbocycles. The van der Waals surface area contributed by atoms with Crippen LogP contribution in [0.5, 0.6) is 0 Å². The van der Waals surface area contributed by atoms with Gasteiger partial charge in [-0.25, -0.2) is 13.6 Å². The molecule has 0 aliphatic rings. The molecule has 0 atom stereocenters. The molecular formula is C12H13N3O2S. The second-order valence-corrected chi connectivity index (χ2v) is 5.35. The van der Waals surface area contributed by atoms with Crippen LogP contribution in [0.4, 0.5) is 17.1 Å². The van der Waals surface area contributed by atoms with E-state index in [1.165, 1.54) is 12.1 Å². The standard InChI is InChI=1S/C12H13N3O2S/c13-11-8-10(18(14,16)17)6-7-12(11)15-9-4-2-1-3-5-9/h1-8,15H,13H2,(H2,14,16,17). The molecule has 0 saturated heterocycles. The minimum Gasteiger partial charge on any atom is -0.397 e. The summed E-state index contributed by atoms with van der Waals surface area (Å²) in [6.45, 7) is 0. The summed E-state index contributed by atoms with van der Waals surface area (Å²) in [5, 5.41) is 8.11. The summed E-state index contributed by atoms with van der Waals surface area (Å²) in [5.74, 6) is 0. The fourth-order valence-electron chi connectivity index (χ4n) is 1.51. The van der Waals surface area contributed by atoms with E-state index in [2.05, 4.69) is 5.32 Å². The third kappa shape index (κ3) is 2.79. The van der Waals surface area contributed by atoms with E-state index in [4.69, 9.17) is 10.9 Å². The van der Waals surface area contributed by atoms with E-state index in [1.54, 1.807) is 6.07 Å². The molecular weight excluding hydrogens is 250 g/mol. The van der Waals surface area contributed by atoms with Gasteiger partial charge in [-0.05, 0) is 30.3 Å². The van der Waals surface area contributed by atoms with Crippen molar-refractivity contribution in [1.29, 1.82) is 0 Å². The number of para-hydroxylation sites is 1. The van der Waals surface area contributed by atoms with Gasteiger partial charge >= 0.3 is 0 Å². The maximum absolute atomic E-state index is 11.2. The normalized spacial score (nSPS) is 11.2. The van der Waals surface area contributed by atoms with Gasteiger partial charge in [-0.2, -0.15) is 0 Å². The van der Waals surface area contributed by atoms with Gasteiger partial charge in [0.1, 0.15) is 0 Å². The average Bonchev–Trinajstić information content (AvgIpc) is 2.32. The summed E-state index contributed by atoms with van der Waals surface area (Å²) < 4.78 is 22.3. The topological polar surface area (TPSA) is 98.2 Å². The smallest absolute Gasteiger partial charge is 0.238 e. The molecule has 5 nitrogen and oxygen atoms in total. The Hall–Kier alpha value is -2.05. The van der Waals surface area contributed by atoms with Crippen LogP contribution in [0.25, 0.3) is 0 Å². The van der Waals surface area contributed by atoms with Crippen molar-refractivity contribution >= 4 is 27.1 Å². The zero-order valence-corrected chi connectivity index (χ0v) is 10.3. The fourth-order valence-corrected chi connectivity index (χ4v) is 2.06. The maximum Gasteiger partial charge on any atom is 0.238 e. The highest BCUT2D eigenvalue weighted by molar-refractivity contribution is 7.89. The van der Waals surface area contributed by atoms with Crippen molar-refractivity contribution < 1.29 is 8.42 Å². The Bertz CT molecular complexity index is 654. The summed E-state index contributed by atoms with van der Waals surface area (Å²) >= 11 is 0. The van der Waals surface area contributed by atoms with Crippen LogP contribution in [0.2, 0.25) is 0 Å². The van der Waals surface area contributed by atoms with Gasteiger partial charge in [-0.1, -0.05) is 18.2 Å². The van der Waals surface area contributed by atoms with E-state index in [9.17, 15) is 8.42 Å². The van der Waals surface area contributed by atoms with Crippen molar-refractivity contribution in [3.05, 3.63) is 48.5 Å². The monoisotopic (exact) mass is 263 g/mol. The van der Waals surface area contributed by atoms with Crippen molar-refractivity contribution in [2.24, 2.45) is 5.14 Å². The third-order valence-corrected chi connectivity index (χ3v) is 3.32. The van der Waals surface area contributed by atoms with Gasteiger partial charge < -0.3 is 11.1 Å². The Kier molecular flexibility index (Phi) is 3.22. The van der Waals surface area contributed by atoms with Crippen molar-refractivity contribution in [3.63, 3.8) is 0 Å². The van der Waals surface area contributed by atoms with Crippen molar-refractivity contribution in [2.45, 2.75) is 4.90 Å². The van der Waals surface area contributed by atoms with E-state index in [0.29, 0.717) is 11.4 Å². The first-order valence-electron chi connectivity index (χ1n) is 5.21. The quantitative estimate of drug-likeness (QED) is 0.733. The van der Waals surface area contributed by atoms with E-state index < -0.39 is 10.0 Å². The van der Waals surface area contributed by atoms with Gasteiger partial charge in [-0.15, -0.1) is 0 Å². The van der Waals surface area contributed by atoms with Crippen LogP contribution in [-0.4, -0.2) is 8.42 Å². The lowest BCUT2D eigenvalue weighted by atomic mass is 10.2. The summed E-state index contributed by atoms with van der Waals surface area (Å²) in [6.07, 6.45) is 0. The molecule has 2 rings (SSSR count). The molecule has 0 unspecified atom stereocenters. The molecule has 18 heavy (non-hydrogen) atoms. The molecule has 0 amide bonds. The molecule has 0 bridgehead atoms. The summed E-state index contributed by atoms with van der Waals surface area (Å²) in [5.41, 5.74) is 7.61. The molecule has 0 radical (unpaired) electrons. The van der Waals surface area contributed by atoms with Gasteiger partial charge in [-0.3, -0.25) is 0 Å². The molecule has 0 aromatic heterocycles. The number of hydrogen-bond acceptors (Lipinski definition) is 4. The Labute approximate surface area is 105 Å². The molecule has 0 fully saturated rings. The Morgan fingerprint density at radius 1 is 1.00 bits per heavy atom. The highest BCUT2D eigenvalue weighted by Crippen LogP contribution is 2.25. The first-order chi connectivity index (χ1) is 8.47. The van der Waals surface area contributed by atoms with Gasteiger partial charge in [0.05, 0.1) is 16.3 Å². The second kappa shape index (κ2) is 4.67. The number of hydrogen-bond donors (Lipinski definition) is 3. The van der Waals surface area contributed by atoms with E-state index >= 15 is 0 Å². The molecule has 0 spiro atoms. The minimum absolute atomic E-state index is 0.00129. The Morgan fingerprint density at radius 3 is 2.22 bits per heavy atom.